The van der Waals surface area contributed by atoms with Gasteiger partial charge in [-0.3, -0.25) is 4.79 Å². The van der Waals surface area contributed by atoms with E-state index in [9.17, 15) is 4.79 Å². The highest BCUT2D eigenvalue weighted by molar-refractivity contribution is 7.80. The van der Waals surface area contributed by atoms with Crippen LogP contribution in [0.2, 0.25) is 0 Å². The van der Waals surface area contributed by atoms with Crippen molar-refractivity contribution in [3.8, 4) is 0 Å². The molecule has 0 bridgehead atoms. The predicted octanol–water partition coefficient (Wildman–Crippen LogP) is 0.827. The molecule has 0 radical (unpaired) electrons. The summed E-state index contributed by atoms with van der Waals surface area (Å²) >= 11 is 10.3. The van der Waals surface area contributed by atoms with Crippen molar-refractivity contribution in [3.63, 3.8) is 0 Å². The van der Waals surface area contributed by atoms with Crippen LogP contribution >= 0.6 is 23.8 Å². The highest BCUT2D eigenvalue weighted by Crippen LogP contribution is 2.06. The Morgan fingerprint density at radius 1 is 1.80 bits per heavy atom. The zero-order chi connectivity index (χ0) is 7.56. The molecule has 0 saturated carbocycles. The van der Waals surface area contributed by atoms with Gasteiger partial charge in [0.25, 0.3) is 0 Å². The minimum Gasteiger partial charge on any atom is -0.336 e. The maximum atomic E-state index is 10.9. The molecule has 1 saturated heterocycles. The molecular weight excluding hydrogens is 170 g/mol. The molecule has 0 aromatic heterocycles. The zero-order valence-electron chi connectivity index (χ0n) is 5.47. The van der Waals surface area contributed by atoms with Crippen LogP contribution in [-0.2, 0) is 4.79 Å². The van der Waals surface area contributed by atoms with Crippen LogP contribution in [0, 0.1) is 0 Å². The van der Waals surface area contributed by atoms with Gasteiger partial charge in [-0.05, 0) is 6.42 Å². The molecule has 0 atom stereocenters. The number of hydrogen-bond donors (Lipinski definition) is 0. The molecule has 0 aliphatic carbocycles. The second kappa shape index (κ2) is 3.30. The molecule has 0 aromatic rings. The van der Waals surface area contributed by atoms with Crippen LogP contribution in [0.3, 0.4) is 0 Å². The van der Waals surface area contributed by atoms with Crippen LogP contribution in [0.15, 0.2) is 0 Å². The average molecular weight is 178 g/mol. The molecule has 4 heteroatoms. The van der Waals surface area contributed by atoms with E-state index in [0.717, 1.165) is 17.8 Å². The Hall–Kier alpha value is -0.150. The van der Waals surface area contributed by atoms with Crippen LogP contribution in [0.1, 0.15) is 6.42 Å². The summed E-state index contributed by atoms with van der Waals surface area (Å²) in [5.74, 6) is 0.0596. The van der Waals surface area contributed by atoms with Gasteiger partial charge in [-0.15, -0.1) is 11.6 Å². The molecule has 1 amide bonds. The van der Waals surface area contributed by atoms with Crippen molar-refractivity contribution in [2.75, 3.05) is 19.0 Å². The maximum absolute atomic E-state index is 10.9. The Morgan fingerprint density at radius 3 is 2.90 bits per heavy atom. The Labute approximate surface area is 70.1 Å². The third kappa shape index (κ3) is 1.67. The van der Waals surface area contributed by atoms with Gasteiger partial charge >= 0.3 is 0 Å². The molecule has 0 aromatic carbocycles. The second-order valence-corrected chi connectivity index (χ2v) is 3.08. The number of likely N-dealkylation sites (tertiary alicyclic amines) is 1. The van der Waals surface area contributed by atoms with Gasteiger partial charge in [0.2, 0.25) is 5.91 Å². The standard InChI is InChI=1S/C6H8ClNOS/c7-3-6(9)8-2-1-5(10)4-8/h1-4H2. The quantitative estimate of drug-likeness (QED) is 0.437. The fourth-order valence-electron chi connectivity index (χ4n) is 0.928. The van der Waals surface area contributed by atoms with Crippen LogP contribution in [0.25, 0.3) is 0 Å². The Kier molecular flexibility index (Phi) is 2.63. The van der Waals surface area contributed by atoms with E-state index in [1.807, 2.05) is 0 Å². The summed E-state index contributed by atoms with van der Waals surface area (Å²) < 4.78 is 0. The molecule has 1 fully saturated rings. The Morgan fingerprint density at radius 2 is 2.50 bits per heavy atom. The number of amides is 1. The SMILES string of the molecule is O=C(CCl)N1CCC(=S)C1. The number of carbonyl (C=O) groups excluding carboxylic acids is 1. The molecule has 0 spiro atoms. The van der Waals surface area contributed by atoms with E-state index in [2.05, 4.69) is 0 Å². The number of halogens is 1. The van der Waals surface area contributed by atoms with Crippen molar-refractivity contribution < 1.29 is 4.79 Å². The van der Waals surface area contributed by atoms with Crippen molar-refractivity contribution >= 4 is 34.6 Å². The van der Waals surface area contributed by atoms with Gasteiger partial charge in [0.05, 0.1) is 6.54 Å². The fourth-order valence-corrected chi connectivity index (χ4v) is 1.34. The number of hydrogen-bond acceptors (Lipinski definition) is 2. The smallest absolute Gasteiger partial charge is 0.237 e. The normalized spacial score (nSPS) is 18.1. The highest BCUT2D eigenvalue weighted by atomic mass is 35.5. The van der Waals surface area contributed by atoms with Crippen molar-refractivity contribution in [2.24, 2.45) is 0 Å². The molecule has 0 N–H and O–H groups in total. The molecule has 10 heavy (non-hydrogen) atoms. The number of carbonyl (C=O) groups is 1. The number of rotatable bonds is 1. The lowest BCUT2D eigenvalue weighted by Crippen LogP contribution is -2.29. The van der Waals surface area contributed by atoms with E-state index in [0.29, 0.717) is 6.54 Å². The fraction of sp³-hybridized carbons (Fsp3) is 0.667. The lowest BCUT2D eigenvalue weighted by atomic mass is 10.4. The molecule has 1 heterocycles. The lowest BCUT2D eigenvalue weighted by Gasteiger charge is -2.11. The minimum absolute atomic E-state index is 0.0125. The van der Waals surface area contributed by atoms with Crippen molar-refractivity contribution in [1.82, 2.24) is 4.90 Å². The number of alkyl halides is 1. The van der Waals surface area contributed by atoms with Crippen LogP contribution in [0.4, 0.5) is 0 Å². The van der Waals surface area contributed by atoms with E-state index in [1.165, 1.54) is 0 Å². The van der Waals surface area contributed by atoms with E-state index < -0.39 is 0 Å². The molecule has 1 aliphatic heterocycles. The largest absolute Gasteiger partial charge is 0.336 e. The van der Waals surface area contributed by atoms with Gasteiger partial charge in [0.15, 0.2) is 0 Å². The molecular formula is C6H8ClNOS. The summed E-state index contributed by atoms with van der Waals surface area (Å²) in [6.45, 7) is 1.38. The first-order valence-corrected chi connectivity index (χ1v) is 4.04. The molecule has 56 valence electrons. The third-order valence-corrected chi connectivity index (χ3v) is 2.06. The Balaban J connectivity index is 2.44. The van der Waals surface area contributed by atoms with Gasteiger partial charge < -0.3 is 4.90 Å². The van der Waals surface area contributed by atoms with E-state index >= 15 is 0 Å². The number of thiocarbonyl (C=S) groups is 1. The summed E-state index contributed by atoms with van der Waals surface area (Å²) in [6, 6.07) is 0. The first-order valence-electron chi connectivity index (χ1n) is 3.09. The summed E-state index contributed by atoms with van der Waals surface area (Å²) in [5.41, 5.74) is 0. The number of nitrogens with zero attached hydrogens (tertiary/aromatic N) is 1. The first-order chi connectivity index (χ1) is 4.74. The Bertz CT molecular complexity index is 171. The third-order valence-electron chi connectivity index (χ3n) is 1.49. The summed E-state index contributed by atoms with van der Waals surface area (Å²) in [5, 5.41) is 0. The van der Waals surface area contributed by atoms with Gasteiger partial charge in [0.1, 0.15) is 5.88 Å². The molecule has 2 nitrogen and oxygen atoms in total. The van der Waals surface area contributed by atoms with Crippen molar-refractivity contribution in [3.05, 3.63) is 0 Å². The molecule has 1 rings (SSSR count). The van der Waals surface area contributed by atoms with Gasteiger partial charge in [-0.25, -0.2) is 0 Å². The maximum Gasteiger partial charge on any atom is 0.237 e. The van der Waals surface area contributed by atoms with Gasteiger partial charge in [-0.2, -0.15) is 0 Å². The van der Waals surface area contributed by atoms with E-state index in [4.69, 9.17) is 23.8 Å². The van der Waals surface area contributed by atoms with E-state index in [-0.39, 0.29) is 11.8 Å². The average Bonchev–Trinajstić information content (AvgIpc) is 2.34. The topological polar surface area (TPSA) is 20.3 Å². The minimum atomic E-state index is -0.0125. The predicted molar refractivity (Wildman–Crippen MR) is 44.5 cm³/mol. The first kappa shape index (κ1) is 7.95. The van der Waals surface area contributed by atoms with E-state index in [1.54, 1.807) is 4.90 Å². The van der Waals surface area contributed by atoms with Crippen molar-refractivity contribution in [2.45, 2.75) is 6.42 Å². The summed E-state index contributed by atoms with van der Waals surface area (Å²) in [6.07, 6.45) is 0.859. The zero-order valence-corrected chi connectivity index (χ0v) is 7.04. The summed E-state index contributed by atoms with van der Waals surface area (Å²) in [4.78, 5) is 13.5. The summed E-state index contributed by atoms with van der Waals surface area (Å²) in [7, 11) is 0. The lowest BCUT2D eigenvalue weighted by molar-refractivity contribution is -0.127. The molecule has 0 unspecified atom stereocenters. The van der Waals surface area contributed by atoms with Gasteiger partial charge in [-0.1, -0.05) is 12.2 Å². The van der Waals surface area contributed by atoms with Crippen LogP contribution in [0.5, 0.6) is 0 Å². The monoisotopic (exact) mass is 177 g/mol. The van der Waals surface area contributed by atoms with Gasteiger partial charge in [0, 0.05) is 11.4 Å². The second-order valence-electron chi connectivity index (χ2n) is 2.24. The highest BCUT2D eigenvalue weighted by Gasteiger charge is 2.19. The van der Waals surface area contributed by atoms with Crippen LogP contribution in [-0.4, -0.2) is 34.6 Å². The van der Waals surface area contributed by atoms with Crippen molar-refractivity contribution in [1.29, 1.82) is 0 Å². The van der Waals surface area contributed by atoms with Crippen LogP contribution < -0.4 is 0 Å². The molecule has 1 aliphatic rings.